The number of aryl methyl sites for hydroxylation is 2. The smallest absolute Gasteiger partial charge is 0.248 e. The lowest BCUT2D eigenvalue weighted by molar-refractivity contribution is 0.179. The molecular formula is C19H22N4O4S. The molecule has 8 nitrogen and oxygen atoms in total. The first-order valence-corrected chi connectivity index (χ1v) is 10.5. The number of sulfonamides is 1. The van der Waals surface area contributed by atoms with E-state index in [0.29, 0.717) is 50.1 Å². The molecule has 148 valence electrons. The van der Waals surface area contributed by atoms with Crippen molar-refractivity contribution in [1.29, 1.82) is 0 Å². The van der Waals surface area contributed by atoms with Crippen LogP contribution in [0.5, 0.6) is 0 Å². The molecule has 0 atom stereocenters. The van der Waals surface area contributed by atoms with Gasteiger partial charge in [0.05, 0.1) is 5.69 Å². The van der Waals surface area contributed by atoms with Gasteiger partial charge in [0.1, 0.15) is 16.9 Å². The van der Waals surface area contributed by atoms with Crippen LogP contribution in [0, 0.1) is 13.8 Å². The maximum Gasteiger partial charge on any atom is 0.248 e. The first-order valence-electron chi connectivity index (χ1n) is 9.10. The second kappa shape index (κ2) is 7.50. The normalized spacial score (nSPS) is 16.5. The Bertz CT molecular complexity index is 1030. The number of rotatable bonds is 5. The molecular weight excluding hydrogens is 380 g/mol. The Morgan fingerprint density at radius 3 is 2.43 bits per heavy atom. The molecule has 0 saturated carbocycles. The topological polar surface area (TPSA) is 92.7 Å². The highest BCUT2D eigenvalue weighted by Gasteiger charge is 2.33. The monoisotopic (exact) mass is 402 g/mol. The van der Waals surface area contributed by atoms with Crippen LogP contribution >= 0.6 is 0 Å². The second-order valence-electron chi connectivity index (χ2n) is 6.84. The van der Waals surface area contributed by atoms with Gasteiger partial charge in [-0.2, -0.15) is 4.31 Å². The van der Waals surface area contributed by atoms with Crippen LogP contribution in [0.1, 0.15) is 17.1 Å². The molecule has 28 heavy (non-hydrogen) atoms. The third kappa shape index (κ3) is 3.60. The largest absolute Gasteiger partial charge is 0.444 e. The number of benzene rings is 1. The van der Waals surface area contributed by atoms with Crippen molar-refractivity contribution in [2.24, 2.45) is 0 Å². The van der Waals surface area contributed by atoms with Crippen LogP contribution in [-0.4, -0.2) is 53.9 Å². The minimum absolute atomic E-state index is 0.185. The van der Waals surface area contributed by atoms with Gasteiger partial charge in [0.25, 0.3) is 0 Å². The molecule has 1 aromatic carbocycles. The summed E-state index contributed by atoms with van der Waals surface area (Å²) in [6.07, 6.45) is 1.66. The zero-order valence-corrected chi connectivity index (χ0v) is 16.6. The van der Waals surface area contributed by atoms with Crippen molar-refractivity contribution in [3.05, 3.63) is 53.7 Å². The maximum atomic E-state index is 12.9. The number of aromatic nitrogens is 2. The SMILES string of the molecule is Cc1noc(C)c1S(=O)(=O)N1CCN(Cc2coc(-c3ccccc3)n2)CC1. The van der Waals surface area contributed by atoms with Gasteiger partial charge in [-0.15, -0.1) is 0 Å². The number of nitrogens with zero attached hydrogens (tertiary/aromatic N) is 4. The van der Waals surface area contributed by atoms with E-state index in [-0.39, 0.29) is 4.90 Å². The Hall–Kier alpha value is -2.49. The first kappa shape index (κ1) is 18.9. The second-order valence-corrected chi connectivity index (χ2v) is 8.72. The molecule has 2 aromatic heterocycles. The molecule has 9 heteroatoms. The van der Waals surface area contributed by atoms with Crippen molar-refractivity contribution in [3.63, 3.8) is 0 Å². The summed E-state index contributed by atoms with van der Waals surface area (Å²) >= 11 is 0. The predicted molar refractivity (Wildman–Crippen MR) is 102 cm³/mol. The summed E-state index contributed by atoms with van der Waals surface area (Å²) < 4.78 is 37.9. The fourth-order valence-corrected chi connectivity index (χ4v) is 5.14. The molecule has 0 amide bonds. The molecule has 0 aliphatic carbocycles. The fourth-order valence-electron chi connectivity index (χ4n) is 3.42. The molecule has 4 rings (SSSR count). The molecule has 0 bridgehead atoms. The van der Waals surface area contributed by atoms with Crippen molar-refractivity contribution in [3.8, 4) is 11.5 Å². The highest BCUT2D eigenvalue weighted by molar-refractivity contribution is 7.89. The van der Waals surface area contributed by atoms with Crippen LogP contribution < -0.4 is 0 Å². The average Bonchev–Trinajstić information content (AvgIpc) is 3.29. The summed E-state index contributed by atoms with van der Waals surface area (Å²) in [6, 6.07) is 9.74. The highest BCUT2D eigenvalue weighted by Crippen LogP contribution is 2.25. The predicted octanol–water partition coefficient (Wildman–Crippen LogP) is 2.45. The lowest BCUT2D eigenvalue weighted by Crippen LogP contribution is -2.48. The molecule has 0 N–H and O–H groups in total. The summed E-state index contributed by atoms with van der Waals surface area (Å²) in [5, 5.41) is 3.77. The zero-order chi connectivity index (χ0) is 19.7. The van der Waals surface area contributed by atoms with Crippen LogP contribution in [0.15, 0.2) is 50.4 Å². The quantitative estimate of drug-likeness (QED) is 0.647. The molecule has 0 unspecified atom stereocenters. The fraction of sp³-hybridized carbons (Fsp3) is 0.368. The van der Waals surface area contributed by atoms with Gasteiger partial charge in [0, 0.05) is 38.3 Å². The summed E-state index contributed by atoms with van der Waals surface area (Å²) in [4.78, 5) is 6.90. The van der Waals surface area contributed by atoms with Crippen LogP contribution in [0.3, 0.4) is 0 Å². The van der Waals surface area contributed by atoms with Gasteiger partial charge in [0.2, 0.25) is 15.9 Å². The van der Waals surface area contributed by atoms with Gasteiger partial charge >= 0.3 is 0 Å². The van der Waals surface area contributed by atoms with Gasteiger partial charge in [-0.3, -0.25) is 4.90 Å². The van der Waals surface area contributed by atoms with Crippen LogP contribution in [0.25, 0.3) is 11.5 Å². The molecule has 3 aromatic rings. The van der Waals surface area contributed by atoms with E-state index in [1.807, 2.05) is 30.3 Å². The van der Waals surface area contributed by atoms with Crippen LogP contribution in [-0.2, 0) is 16.6 Å². The van der Waals surface area contributed by atoms with E-state index in [4.69, 9.17) is 8.94 Å². The van der Waals surface area contributed by atoms with Gasteiger partial charge in [-0.05, 0) is 26.0 Å². The van der Waals surface area contributed by atoms with Crippen LogP contribution in [0.2, 0.25) is 0 Å². The number of oxazole rings is 1. The van der Waals surface area contributed by atoms with E-state index in [0.717, 1.165) is 11.3 Å². The average molecular weight is 402 g/mol. The number of hydrogen-bond donors (Lipinski definition) is 0. The minimum Gasteiger partial charge on any atom is -0.444 e. The van der Waals surface area contributed by atoms with Crippen molar-refractivity contribution >= 4 is 10.0 Å². The molecule has 0 radical (unpaired) electrons. The van der Waals surface area contributed by atoms with Gasteiger partial charge in [0.15, 0.2) is 5.76 Å². The molecule has 0 spiro atoms. The van der Waals surface area contributed by atoms with Crippen molar-refractivity contribution < 1.29 is 17.4 Å². The Morgan fingerprint density at radius 2 is 1.79 bits per heavy atom. The van der Waals surface area contributed by atoms with E-state index < -0.39 is 10.0 Å². The highest BCUT2D eigenvalue weighted by atomic mass is 32.2. The Morgan fingerprint density at radius 1 is 1.07 bits per heavy atom. The standard InChI is InChI=1S/C19H22N4O4S/c1-14-18(15(2)27-21-14)28(24,25)23-10-8-22(9-11-23)12-17-13-26-19(20-17)16-6-4-3-5-7-16/h3-7,13H,8-12H2,1-2H3. The molecule has 3 heterocycles. The lowest BCUT2D eigenvalue weighted by Gasteiger charge is -2.33. The van der Waals surface area contributed by atoms with Crippen molar-refractivity contribution in [2.45, 2.75) is 25.3 Å². The molecule has 1 aliphatic rings. The first-order chi connectivity index (χ1) is 13.4. The minimum atomic E-state index is -3.59. The molecule has 1 aliphatic heterocycles. The van der Waals surface area contributed by atoms with Gasteiger partial charge in [-0.1, -0.05) is 23.4 Å². The number of piperazine rings is 1. The molecule has 1 fully saturated rings. The third-order valence-corrected chi connectivity index (χ3v) is 7.00. The van der Waals surface area contributed by atoms with Crippen LogP contribution in [0.4, 0.5) is 0 Å². The maximum absolute atomic E-state index is 12.9. The van der Waals surface area contributed by atoms with E-state index in [1.165, 1.54) is 4.31 Å². The Labute approximate surface area is 163 Å². The van der Waals surface area contributed by atoms with Gasteiger partial charge in [-0.25, -0.2) is 13.4 Å². The summed E-state index contributed by atoms with van der Waals surface area (Å²) in [7, 11) is -3.59. The van der Waals surface area contributed by atoms with E-state index in [2.05, 4.69) is 15.0 Å². The van der Waals surface area contributed by atoms with E-state index in [1.54, 1.807) is 20.1 Å². The lowest BCUT2D eigenvalue weighted by atomic mass is 10.2. The van der Waals surface area contributed by atoms with E-state index in [9.17, 15) is 8.42 Å². The molecule has 1 saturated heterocycles. The van der Waals surface area contributed by atoms with E-state index >= 15 is 0 Å². The van der Waals surface area contributed by atoms with Crippen molar-refractivity contribution in [2.75, 3.05) is 26.2 Å². The summed E-state index contributed by atoms with van der Waals surface area (Å²) in [5.74, 6) is 0.922. The summed E-state index contributed by atoms with van der Waals surface area (Å²) in [6.45, 7) is 5.96. The van der Waals surface area contributed by atoms with Gasteiger partial charge < -0.3 is 8.94 Å². The Kier molecular flexibility index (Phi) is 5.05. The third-order valence-electron chi connectivity index (χ3n) is 4.86. The van der Waals surface area contributed by atoms with Crippen molar-refractivity contribution in [1.82, 2.24) is 19.3 Å². The summed E-state index contributed by atoms with van der Waals surface area (Å²) in [5.41, 5.74) is 2.17. The Balaban J connectivity index is 1.39. The zero-order valence-electron chi connectivity index (χ0n) is 15.8. The number of hydrogen-bond acceptors (Lipinski definition) is 7.